The lowest BCUT2D eigenvalue weighted by Crippen LogP contribution is -2.35. The van der Waals surface area contributed by atoms with Crippen LogP contribution in [0.2, 0.25) is 10.0 Å². The zero-order chi connectivity index (χ0) is 20.3. The Balaban J connectivity index is 1.88. The number of hydrogen-bond acceptors (Lipinski definition) is 2. The summed E-state index contributed by atoms with van der Waals surface area (Å²) >= 11 is 13.2. The lowest BCUT2D eigenvalue weighted by atomic mass is 9.68. The summed E-state index contributed by atoms with van der Waals surface area (Å²) in [6.07, 6.45) is 10.8. The molecule has 1 N–H and O–H groups in total. The van der Waals surface area contributed by atoms with Gasteiger partial charge in [-0.1, -0.05) is 61.9 Å². The molecule has 2 aliphatic rings. The third kappa shape index (κ3) is 4.11. The first-order chi connectivity index (χ1) is 13.4. The number of carbonyl (C=O) groups is 2. The molecule has 0 bridgehead atoms. The summed E-state index contributed by atoms with van der Waals surface area (Å²) in [6.45, 7) is 2.17. The molecule has 1 aromatic rings. The average molecular weight is 425 g/mol. The SMILES string of the molecule is CCCCC1(C2CCCC2)Cc2cc(CCCCC(=O)O)c(Cl)c(Cl)c2C1=O. The molecule has 1 fully saturated rings. The van der Waals surface area contributed by atoms with E-state index in [-0.39, 0.29) is 17.6 Å². The van der Waals surface area contributed by atoms with E-state index in [4.69, 9.17) is 28.3 Å². The van der Waals surface area contributed by atoms with E-state index in [2.05, 4.69) is 13.0 Å². The zero-order valence-electron chi connectivity index (χ0n) is 16.7. The highest BCUT2D eigenvalue weighted by Crippen LogP contribution is 2.54. The fraction of sp³-hybridized carbons (Fsp3) is 0.652. The number of fused-ring (bicyclic) bond motifs is 1. The van der Waals surface area contributed by atoms with Gasteiger partial charge in [-0.2, -0.15) is 0 Å². The minimum atomic E-state index is -0.777. The van der Waals surface area contributed by atoms with Crippen molar-refractivity contribution in [3.05, 3.63) is 32.8 Å². The van der Waals surface area contributed by atoms with E-state index in [0.29, 0.717) is 34.4 Å². The molecule has 0 aliphatic heterocycles. The van der Waals surface area contributed by atoms with Crippen LogP contribution in [0.4, 0.5) is 0 Å². The molecule has 1 saturated carbocycles. The standard InChI is InChI=1S/C23H30Cl2O3/c1-2-3-12-23(17-9-5-6-10-17)14-16-13-15(8-4-7-11-18(26)27)20(24)21(25)19(16)22(23)28/h13,17H,2-12,14H2,1H3,(H,26,27). The fourth-order valence-electron chi connectivity index (χ4n) is 5.27. The molecule has 3 nitrogen and oxygen atoms in total. The molecule has 1 unspecified atom stereocenters. The van der Waals surface area contributed by atoms with Crippen molar-refractivity contribution in [1.82, 2.24) is 0 Å². The van der Waals surface area contributed by atoms with Crippen LogP contribution < -0.4 is 0 Å². The third-order valence-corrected chi connectivity index (χ3v) is 7.66. The minimum Gasteiger partial charge on any atom is -0.481 e. The third-order valence-electron chi connectivity index (χ3n) is 6.75. The second kappa shape index (κ2) is 9.17. The molecule has 28 heavy (non-hydrogen) atoms. The summed E-state index contributed by atoms with van der Waals surface area (Å²) in [5.41, 5.74) is 2.35. The van der Waals surface area contributed by atoms with Gasteiger partial charge in [0.25, 0.3) is 0 Å². The smallest absolute Gasteiger partial charge is 0.303 e. The maximum atomic E-state index is 13.6. The molecular formula is C23H30Cl2O3. The Labute approximate surface area is 177 Å². The number of carbonyl (C=O) groups excluding carboxylic acids is 1. The van der Waals surface area contributed by atoms with Crippen LogP contribution >= 0.6 is 23.2 Å². The van der Waals surface area contributed by atoms with Crippen LogP contribution in [-0.2, 0) is 17.6 Å². The van der Waals surface area contributed by atoms with Gasteiger partial charge < -0.3 is 5.11 Å². The molecule has 154 valence electrons. The highest BCUT2D eigenvalue weighted by molar-refractivity contribution is 6.45. The lowest BCUT2D eigenvalue weighted by molar-refractivity contribution is -0.137. The van der Waals surface area contributed by atoms with E-state index in [1.807, 2.05) is 0 Å². The van der Waals surface area contributed by atoms with Crippen molar-refractivity contribution in [3.8, 4) is 0 Å². The molecule has 0 amide bonds. The summed E-state index contributed by atoms with van der Waals surface area (Å²) in [6, 6.07) is 2.07. The van der Waals surface area contributed by atoms with Crippen molar-refractivity contribution in [2.75, 3.05) is 0 Å². The molecule has 0 aromatic heterocycles. The Morgan fingerprint density at radius 1 is 1.18 bits per heavy atom. The Morgan fingerprint density at radius 3 is 2.54 bits per heavy atom. The Kier molecular flexibility index (Phi) is 7.09. The Bertz CT molecular complexity index is 753. The molecule has 0 radical (unpaired) electrons. The van der Waals surface area contributed by atoms with Gasteiger partial charge >= 0.3 is 5.97 Å². The van der Waals surface area contributed by atoms with Crippen molar-refractivity contribution < 1.29 is 14.7 Å². The largest absolute Gasteiger partial charge is 0.481 e. The van der Waals surface area contributed by atoms with Crippen molar-refractivity contribution in [2.45, 2.75) is 84.0 Å². The first-order valence-corrected chi connectivity index (χ1v) is 11.4. The number of rotatable bonds is 9. The highest BCUT2D eigenvalue weighted by atomic mass is 35.5. The lowest BCUT2D eigenvalue weighted by Gasteiger charge is -2.34. The van der Waals surface area contributed by atoms with E-state index >= 15 is 0 Å². The minimum absolute atomic E-state index is 0.163. The molecule has 1 atom stereocenters. The van der Waals surface area contributed by atoms with Crippen molar-refractivity contribution in [2.24, 2.45) is 11.3 Å². The number of aliphatic carboxylic acids is 1. The summed E-state index contributed by atoms with van der Waals surface area (Å²) in [5.74, 6) is -0.110. The van der Waals surface area contributed by atoms with Gasteiger partial charge in [0.1, 0.15) is 0 Å². The zero-order valence-corrected chi connectivity index (χ0v) is 18.2. The number of Topliss-reactive ketones (excluding diaryl/α,β-unsaturated/α-hetero) is 1. The van der Waals surface area contributed by atoms with E-state index in [1.54, 1.807) is 0 Å². The summed E-state index contributed by atoms with van der Waals surface area (Å²) in [7, 11) is 0. The molecule has 3 rings (SSSR count). The van der Waals surface area contributed by atoms with Gasteiger partial charge in [0.2, 0.25) is 0 Å². The number of carboxylic acid groups (broad SMARTS) is 1. The van der Waals surface area contributed by atoms with Crippen molar-refractivity contribution in [3.63, 3.8) is 0 Å². The van der Waals surface area contributed by atoms with Gasteiger partial charge in [-0.15, -0.1) is 0 Å². The highest BCUT2D eigenvalue weighted by Gasteiger charge is 2.51. The second-order valence-corrected chi connectivity index (χ2v) is 9.30. The van der Waals surface area contributed by atoms with Crippen LogP contribution in [0.25, 0.3) is 0 Å². The first kappa shape index (κ1) is 21.6. The fourth-order valence-corrected chi connectivity index (χ4v) is 5.84. The summed E-state index contributed by atoms with van der Waals surface area (Å²) in [4.78, 5) is 24.3. The number of carboxylic acids is 1. The summed E-state index contributed by atoms with van der Waals surface area (Å²) < 4.78 is 0. The molecule has 0 spiro atoms. The molecule has 2 aliphatic carbocycles. The van der Waals surface area contributed by atoms with Crippen molar-refractivity contribution >= 4 is 35.0 Å². The predicted octanol–water partition coefficient (Wildman–Crippen LogP) is 6.90. The average Bonchev–Trinajstić information content (AvgIpc) is 3.28. The number of benzene rings is 1. The second-order valence-electron chi connectivity index (χ2n) is 8.55. The molecular weight excluding hydrogens is 395 g/mol. The first-order valence-electron chi connectivity index (χ1n) is 10.7. The monoisotopic (exact) mass is 424 g/mol. The van der Waals surface area contributed by atoms with Crippen LogP contribution in [0.15, 0.2) is 6.07 Å². The number of halogens is 2. The number of aryl methyl sites for hydroxylation is 1. The van der Waals surface area contributed by atoms with Gasteiger partial charge in [-0.25, -0.2) is 0 Å². The van der Waals surface area contributed by atoms with Gasteiger partial charge in [-0.05, 0) is 62.0 Å². The van der Waals surface area contributed by atoms with Crippen LogP contribution in [0.3, 0.4) is 0 Å². The topological polar surface area (TPSA) is 54.4 Å². The Hall–Kier alpha value is -1.06. The summed E-state index contributed by atoms with van der Waals surface area (Å²) in [5, 5.41) is 9.70. The van der Waals surface area contributed by atoms with E-state index < -0.39 is 5.97 Å². The van der Waals surface area contributed by atoms with Crippen LogP contribution in [0, 0.1) is 11.3 Å². The maximum absolute atomic E-state index is 13.6. The van der Waals surface area contributed by atoms with Crippen LogP contribution in [0.1, 0.15) is 92.6 Å². The van der Waals surface area contributed by atoms with E-state index in [0.717, 1.165) is 56.1 Å². The molecule has 0 heterocycles. The van der Waals surface area contributed by atoms with Gasteiger partial charge in [0, 0.05) is 17.4 Å². The molecule has 1 aromatic carbocycles. The van der Waals surface area contributed by atoms with E-state index in [1.165, 1.54) is 12.8 Å². The normalized spacial score (nSPS) is 22.0. The van der Waals surface area contributed by atoms with Gasteiger partial charge in [0.05, 0.1) is 10.0 Å². The van der Waals surface area contributed by atoms with E-state index in [9.17, 15) is 9.59 Å². The Morgan fingerprint density at radius 2 is 1.89 bits per heavy atom. The quantitative estimate of drug-likeness (QED) is 0.438. The number of unbranched alkanes of at least 4 members (excludes halogenated alkanes) is 2. The molecule has 0 saturated heterocycles. The van der Waals surface area contributed by atoms with Gasteiger partial charge in [-0.3, -0.25) is 9.59 Å². The van der Waals surface area contributed by atoms with Crippen LogP contribution in [0.5, 0.6) is 0 Å². The maximum Gasteiger partial charge on any atom is 0.303 e. The number of hydrogen-bond donors (Lipinski definition) is 1. The van der Waals surface area contributed by atoms with Crippen LogP contribution in [-0.4, -0.2) is 16.9 Å². The van der Waals surface area contributed by atoms with Crippen molar-refractivity contribution in [1.29, 1.82) is 0 Å². The number of ketones is 1. The van der Waals surface area contributed by atoms with Gasteiger partial charge in [0.15, 0.2) is 5.78 Å². The molecule has 5 heteroatoms. The predicted molar refractivity (Wildman–Crippen MR) is 114 cm³/mol.